The number of halogens is 1. The maximum Gasteiger partial charge on any atom is 0.323 e. The molecule has 2 amide bonds. The molecule has 2 N–H and O–H groups in total. The second-order valence-electron chi connectivity index (χ2n) is 6.58. The second kappa shape index (κ2) is 8.47. The van der Waals surface area contributed by atoms with Crippen molar-refractivity contribution in [2.45, 2.75) is 12.8 Å². The standard InChI is InChI=1S/C20H22BrN3O2/c1-24-11-9-14(10-12-24)19(25)15-5-4-6-16(13-15)22-20(26)23-18-8-3-2-7-17(18)21/h2-8,13-14H,9-12H2,1H3,(H2,22,23,26). The fourth-order valence-electron chi connectivity index (χ4n) is 3.10. The lowest BCUT2D eigenvalue weighted by Crippen LogP contribution is -2.33. The van der Waals surface area contributed by atoms with E-state index in [1.54, 1.807) is 18.2 Å². The molecule has 2 aromatic carbocycles. The average molecular weight is 416 g/mol. The number of amides is 2. The molecule has 2 aromatic rings. The number of urea groups is 1. The third-order valence-corrected chi connectivity index (χ3v) is 5.31. The van der Waals surface area contributed by atoms with E-state index < -0.39 is 0 Å². The normalized spacial score (nSPS) is 15.5. The van der Waals surface area contributed by atoms with Crippen LogP contribution in [0.2, 0.25) is 0 Å². The number of nitrogens with zero attached hydrogens (tertiary/aromatic N) is 1. The number of carbonyl (C=O) groups is 2. The van der Waals surface area contributed by atoms with Gasteiger partial charge in [0.1, 0.15) is 0 Å². The van der Waals surface area contributed by atoms with E-state index >= 15 is 0 Å². The molecule has 26 heavy (non-hydrogen) atoms. The molecule has 0 aromatic heterocycles. The molecule has 1 aliphatic heterocycles. The Morgan fingerprint density at radius 2 is 1.77 bits per heavy atom. The van der Waals surface area contributed by atoms with Gasteiger partial charge >= 0.3 is 6.03 Å². The van der Waals surface area contributed by atoms with Gasteiger partial charge in [0, 0.05) is 21.6 Å². The minimum absolute atomic E-state index is 0.0653. The lowest BCUT2D eigenvalue weighted by Gasteiger charge is -2.28. The number of carbonyl (C=O) groups excluding carboxylic acids is 2. The lowest BCUT2D eigenvalue weighted by molar-refractivity contribution is 0.0857. The van der Waals surface area contributed by atoms with Gasteiger partial charge in [-0.15, -0.1) is 0 Å². The van der Waals surface area contributed by atoms with Crippen molar-refractivity contribution in [3.05, 3.63) is 58.6 Å². The van der Waals surface area contributed by atoms with Crippen LogP contribution in [-0.2, 0) is 0 Å². The summed E-state index contributed by atoms with van der Waals surface area (Å²) in [5.74, 6) is 0.225. The number of ketones is 1. The molecule has 0 unspecified atom stereocenters. The summed E-state index contributed by atoms with van der Waals surface area (Å²) >= 11 is 3.40. The van der Waals surface area contributed by atoms with Gasteiger partial charge < -0.3 is 15.5 Å². The predicted molar refractivity (Wildman–Crippen MR) is 108 cm³/mol. The summed E-state index contributed by atoms with van der Waals surface area (Å²) < 4.78 is 0.807. The smallest absolute Gasteiger partial charge is 0.308 e. The zero-order valence-electron chi connectivity index (χ0n) is 14.7. The zero-order valence-corrected chi connectivity index (χ0v) is 16.3. The van der Waals surface area contributed by atoms with E-state index in [2.05, 4.69) is 38.5 Å². The van der Waals surface area contributed by atoms with E-state index in [1.807, 2.05) is 30.3 Å². The molecule has 0 bridgehead atoms. The van der Waals surface area contributed by atoms with Crippen LogP contribution in [0.25, 0.3) is 0 Å². The molecular weight excluding hydrogens is 394 g/mol. The Bertz CT molecular complexity index is 801. The van der Waals surface area contributed by atoms with Crippen LogP contribution in [0, 0.1) is 5.92 Å². The number of Topliss-reactive ketones (excluding diaryl/α,β-unsaturated/α-hetero) is 1. The number of hydrogen-bond donors (Lipinski definition) is 2. The van der Waals surface area contributed by atoms with Gasteiger partial charge in [-0.05, 0) is 73.2 Å². The lowest BCUT2D eigenvalue weighted by atomic mass is 9.89. The van der Waals surface area contributed by atoms with Crippen LogP contribution in [0.3, 0.4) is 0 Å². The van der Waals surface area contributed by atoms with Crippen LogP contribution in [0.4, 0.5) is 16.2 Å². The second-order valence-corrected chi connectivity index (χ2v) is 7.44. The summed E-state index contributed by atoms with van der Waals surface area (Å²) in [6, 6.07) is 14.2. The summed E-state index contributed by atoms with van der Waals surface area (Å²) in [6.45, 7) is 1.89. The highest BCUT2D eigenvalue weighted by Gasteiger charge is 2.24. The van der Waals surface area contributed by atoms with Crippen molar-refractivity contribution < 1.29 is 9.59 Å². The summed E-state index contributed by atoms with van der Waals surface area (Å²) in [7, 11) is 2.08. The van der Waals surface area contributed by atoms with Crippen molar-refractivity contribution in [1.29, 1.82) is 0 Å². The Hall–Kier alpha value is -2.18. The molecule has 0 saturated carbocycles. The van der Waals surface area contributed by atoms with Crippen LogP contribution in [-0.4, -0.2) is 36.9 Å². The van der Waals surface area contributed by atoms with Crippen molar-refractivity contribution in [3.63, 3.8) is 0 Å². The van der Waals surface area contributed by atoms with Crippen molar-refractivity contribution in [3.8, 4) is 0 Å². The first kappa shape index (κ1) is 18.6. The van der Waals surface area contributed by atoms with Crippen LogP contribution < -0.4 is 10.6 Å². The van der Waals surface area contributed by atoms with Gasteiger partial charge in [0.25, 0.3) is 0 Å². The minimum Gasteiger partial charge on any atom is -0.308 e. The van der Waals surface area contributed by atoms with E-state index in [4.69, 9.17) is 0 Å². The van der Waals surface area contributed by atoms with Crippen LogP contribution in [0.1, 0.15) is 23.2 Å². The van der Waals surface area contributed by atoms with Gasteiger partial charge in [0.2, 0.25) is 0 Å². The number of likely N-dealkylation sites (tertiary alicyclic amines) is 1. The van der Waals surface area contributed by atoms with Gasteiger partial charge in [-0.25, -0.2) is 4.79 Å². The van der Waals surface area contributed by atoms with Crippen molar-refractivity contribution in [1.82, 2.24) is 4.90 Å². The number of hydrogen-bond acceptors (Lipinski definition) is 3. The highest BCUT2D eigenvalue weighted by molar-refractivity contribution is 9.10. The maximum absolute atomic E-state index is 12.7. The highest BCUT2D eigenvalue weighted by Crippen LogP contribution is 2.24. The predicted octanol–water partition coefficient (Wildman–Crippen LogP) is 4.62. The molecule has 1 heterocycles. The number of anilines is 2. The Kier molecular flexibility index (Phi) is 6.06. The SMILES string of the molecule is CN1CCC(C(=O)c2cccc(NC(=O)Nc3ccccc3Br)c2)CC1. The molecule has 1 fully saturated rings. The summed E-state index contributed by atoms with van der Waals surface area (Å²) in [4.78, 5) is 27.2. The van der Waals surface area contributed by atoms with Crippen LogP contribution in [0.5, 0.6) is 0 Å². The molecule has 3 rings (SSSR count). The number of nitrogens with one attached hydrogen (secondary N) is 2. The Labute approximate surface area is 161 Å². The Morgan fingerprint density at radius 1 is 1.04 bits per heavy atom. The van der Waals surface area contributed by atoms with E-state index in [9.17, 15) is 9.59 Å². The van der Waals surface area contributed by atoms with E-state index in [1.165, 1.54) is 0 Å². The highest BCUT2D eigenvalue weighted by atomic mass is 79.9. The molecular formula is C20H22BrN3O2. The van der Waals surface area contributed by atoms with E-state index in [0.29, 0.717) is 16.9 Å². The quantitative estimate of drug-likeness (QED) is 0.716. The molecule has 5 nitrogen and oxygen atoms in total. The third-order valence-electron chi connectivity index (χ3n) is 4.62. The van der Waals surface area contributed by atoms with Gasteiger partial charge in [-0.3, -0.25) is 4.79 Å². The first-order valence-electron chi connectivity index (χ1n) is 8.68. The molecule has 0 aliphatic carbocycles. The fraction of sp³-hybridized carbons (Fsp3) is 0.300. The molecule has 1 aliphatic rings. The summed E-state index contributed by atoms with van der Waals surface area (Å²) in [6.07, 6.45) is 1.77. The third kappa shape index (κ3) is 4.71. The number of para-hydroxylation sites is 1. The van der Waals surface area contributed by atoms with Crippen molar-refractivity contribution in [2.24, 2.45) is 5.92 Å². The average Bonchev–Trinajstić information content (AvgIpc) is 2.64. The molecule has 0 atom stereocenters. The van der Waals surface area contributed by atoms with E-state index in [-0.39, 0.29) is 17.7 Å². The molecule has 0 radical (unpaired) electrons. The summed E-state index contributed by atoms with van der Waals surface area (Å²) in [5.41, 5.74) is 1.94. The maximum atomic E-state index is 12.7. The van der Waals surface area contributed by atoms with Gasteiger partial charge in [-0.2, -0.15) is 0 Å². The van der Waals surface area contributed by atoms with Gasteiger partial charge in [0.05, 0.1) is 5.69 Å². The van der Waals surface area contributed by atoms with Crippen molar-refractivity contribution in [2.75, 3.05) is 30.8 Å². The number of piperidine rings is 1. The number of rotatable bonds is 4. The Balaban J connectivity index is 1.64. The first-order chi connectivity index (χ1) is 12.5. The largest absolute Gasteiger partial charge is 0.323 e. The van der Waals surface area contributed by atoms with Crippen LogP contribution >= 0.6 is 15.9 Å². The first-order valence-corrected chi connectivity index (χ1v) is 9.47. The fourth-order valence-corrected chi connectivity index (χ4v) is 3.49. The molecule has 0 spiro atoms. The zero-order chi connectivity index (χ0) is 18.5. The molecule has 6 heteroatoms. The van der Waals surface area contributed by atoms with Crippen molar-refractivity contribution >= 4 is 39.1 Å². The monoisotopic (exact) mass is 415 g/mol. The summed E-state index contributed by atoms with van der Waals surface area (Å²) in [5, 5.41) is 5.58. The Morgan fingerprint density at radius 3 is 2.50 bits per heavy atom. The minimum atomic E-state index is -0.346. The number of benzene rings is 2. The van der Waals surface area contributed by atoms with Gasteiger partial charge in [-0.1, -0.05) is 24.3 Å². The van der Waals surface area contributed by atoms with Gasteiger partial charge in [0.15, 0.2) is 5.78 Å². The topological polar surface area (TPSA) is 61.4 Å². The molecule has 136 valence electrons. The molecule has 1 saturated heterocycles. The van der Waals surface area contributed by atoms with E-state index in [0.717, 1.165) is 30.4 Å². The van der Waals surface area contributed by atoms with Crippen LogP contribution in [0.15, 0.2) is 53.0 Å².